The molecule has 0 saturated heterocycles. The van der Waals surface area contributed by atoms with Gasteiger partial charge in [-0.25, -0.2) is 0 Å². The highest BCUT2D eigenvalue weighted by molar-refractivity contribution is 5.96. The molecule has 0 aliphatic rings. The van der Waals surface area contributed by atoms with Crippen LogP contribution in [0.2, 0.25) is 0 Å². The van der Waals surface area contributed by atoms with Crippen molar-refractivity contribution < 1.29 is 14.4 Å². The van der Waals surface area contributed by atoms with E-state index in [2.05, 4.69) is 21.3 Å². The maximum atomic E-state index is 12.3. The van der Waals surface area contributed by atoms with Crippen molar-refractivity contribution in [2.24, 2.45) is 5.92 Å². The number of carbonyl (C=O) groups excluding carboxylic acids is 3. The second-order valence-electron chi connectivity index (χ2n) is 7.99. The van der Waals surface area contributed by atoms with Crippen molar-refractivity contribution in [2.45, 2.75) is 46.6 Å². The highest BCUT2D eigenvalue weighted by Crippen LogP contribution is 2.15. The van der Waals surface area contributed by atoms with Crippen LogP contribution in [0, 0.1) is 5.92 Å². The van der Waals surface area contributed by atoms with Gasteiger partial charge in [-0.15, -0.1) is 0 Å². The summed E-state index contributed by atoms with van der Waals surface area (Å²) in [6.07, 6.45) is 1.32. The summed E-state index contributed by atoms with van der Waals surface area (Å²) in [7, 11) is 0. The lowest BCUT2D eigenvalue weighted by Crippen LogP contribution is -2.31. The van der Waals surface area contributed by atoms with Crippen molar-refractivity contribution in [1.82, 2.24) is 5.32 Å². The van der Waals surface area contributed by atoms with E-state index in [4.69, 9.17) is 0 Å². The van der Waals surface area contributed by atoms with E-state index in [9.17, 15) is 14.4 Å². The topological polar surface area (TPSA) is 99.3 Å². The molecule has 2 rings (SSSR count). The monoisotopic (exact) mass is 424 g/mol. The first-order chi connectivity index (χ1) is 14.8. The summed E-state index contributed by atoms with van der Waals surface area (Å²) in [5.74, 6) is -0.0915. The van der Waals surface area contributed by atoms with Gasteiger partial charge in [0.25, 0.3) is 5.91 Å². The molecule has 0 bridgehead atoms. The first kappa shape index (κ1) is 23.9. The Balaban J connectivity index is 1.85. The number of amides is 3. The van der Waals surface area contributed by atoms with Crippen molar-refractivity contribution in [1.29, 1.82) is 0 Å². The number of hydrogen-bond donors (Lipinski definition) is 4. The van der Waals surface area contributed by atoms with E-state index in [-0.39, 0.29) is 30.3 Å². The molecule has 4 N–H and O–H groups in total. The van der Waals surface area contributed by atoms with Crippen LogP contribution in [0.5, 0.6) is 0 Å². The lowest BCUT2D eigenvalue weighted by molar-refractivity contribution is -0.117. The summed E-state index contributed by atoms with van der Waals surface area (Å²) >= 11 is 0. The Hall–Kier alpha value is -3.35. The second-order valence-corrected chi connectivity index (χ2v) is 7.99. The van der Waals surface area contributed by atoms with Crippen LogP contribution in [0.4, 0.5) is 17.1 Å². The molecular weight excluding hydrogens is 392 g/mol. The van der Waals surface area contributed by atoms with E-state index in [0.29, 0.717) is 35.0 Å². The predicted octanol–water partition coefficient (Wildman–Crippen LogP) is 4.25. The molecule has 0 radical (unpaired) electrons. The van der Waals surface area contributed by atoms with Crippen LogP contribution >= 0.6 is 0 Å². The van der Waals surface area contributed by atoms with E-state index < -0.39 is 0 Å². The minimum Gasteiger partial charge on any atom is -0.376 e. The molecule has 1 unspecified atom stereocenters. The van der Waals surface area contributed by atoms with Gasteiger partial charge >= 0.3 is 0 Å². The fourth-order valence-corrected chi connectivity index (χ4v) is 2.79. The quantitative estimate of drug-likeness (QED) is 0.458. The maximum absolute atomic E-state index is 12.3. The summed E-state index contributed by atoms with van der Waals surface area (Å²) in [6.45, 7) is 8.01. The van der Waals surface area contributed by atoms with Gasteiger partial charge in [0.15, 0.2) is 0 Å². The van der Waals surface area contributed by atoms with Gasteiger partial charge in [0.1, 0.15) is 0 Å². The predicted molar refractivity (Wildman–Crippen MR) is 125 cm³/mol. The summed E-state index contributed by atoms with van der Waals surface area (Å²) in [4.78, 5) is 36.3. The highest BCUT2D eigenvalue weighted by atomic mass is 16.2. The standard InChI is InChI=1S/C24H32N4O3/c1-5-17(4)26-24(31)18-7-6-8-21(14-18)25-15-23(30)28-20-11-9-19(10-12-20)27-22(29)13-16(2)3/h6-12,14,16-17,25H,5,13,15H2,1-4H3,(H,26,31)(H,27,29)(H,28,30). The maximum Gasteiger partial charge on any atom is 0.251 e. The highest BCUT2D eigenvalue weighted by Gasteiger charge is 2.10. The molecule has 166 valence electrons. The van der Waals surface area contributed by atoms with Gasteiger partial charge in [-0.2, -0.15) is 0 Å². The van der Waals surface area contributed by atoms with Crippen molar-refractivity contribution in [3.63, 3.8) is 0 Å². The largest absolute Gasteiger partial charge is 0.376 e. The number of carbonyl (C=O) groups is 3. The molecule has 0 heterocycles. The Bertz CT molecular complexity index is 894. The van der Waals surface area contributed by atoms with E-state index in [1.807, 2.05) is 33.8 Å². The number of hydrogen-bond acceptors (Lipinski definition) is 4. The van der Waals surface area contributed by atoms with Crippen LogP contribution < -0.4 is 21.3 Å². The molecule has 0 saturated carbocycles. The molecule has 0 aromatic heterocycles. The van der Waals surface area contributed by atoms with Crippen LogP contribution in [0.3, 0.4) is 0 Å². The van der Waals surface area contributed by atoms with Gasteiger partial charge in [-0.3, -0.25) is 14.4 Å². The van der Waals surface area contributed by atoms with Crippen molar-refractivity contribution in [3.05, 3.63) is 54.1 Å². The van der Waals surface area contributed by atoms with Crippen molar-refractivity contribution in [3.8, 4) is 0 Å². The van der Waals surface area contributed by atoms with Crippen LogP contribution in [0.15, 0.2) is 48.5 Å². The molecular formula is C24H32N4O3. The number of nitrogens with one attached hydrogen (secondary N) is 4. The minimum atomic E-state index is -0.217. The zero-order valence-corrected chi connectivity index (χ0v) is 18.6. The Morgan fingerprint density at radius 1 is 0.839 bits per heavy atom. The minimum absolute atomic E-state index is 0.0314. The molecule has 31 heavy (non-hydrogen) atoms. The molecule has 2 aromatic carbocycles. The van der Waals surface area contributed by atoms with Crippen LogP contribution in [-0.2, 0) is 9.59 Å². The zero-order valence-electron chi connectivity index (χ0n) is 18.6. The van der Waals surface area contributed by atoms with E-state index in [1.165, 1.54) is 0 Å². The van der Waals surface area contributed by atoms with Crippen molar-refractivity contribution in [2.75, 3.05) is 22.5 Å². The molecule has 2 aromatic rings. The number of benzene rings is 2. The first-order valence-corrected chi connectivity index (χ1v) is 10.6. The molecule has 1 atom stereocenters. The van der Waals surface area contributed by atoms with Gasteiger partial charge in [0, 0.05) is 35.1 Å². The van der Waals surface area contributed by atoms with Crippen LogP contribution in [0.25, 0.3) is 0 Å². The fraction of sp³-hybridized carbons (Fsp3) is 0.375. The molecule has 7 heteroatoms. The van der Waals surface area contributed by atoms with E-state index >= 15 is 0 Å². The summed E-state index contributed by atoms with van der Waals surface area (Å²) in [5, 5.41) is 11.6. The molecule has 7 nitrogen and oxygen atoms in total. The van der Waals surface area contributed by atoms with Gasteiger partial charge in [-0.05, 0) is 61.7 Å². The number of rotatable bonds is 10. The van der Waals surface area contributed by atoms with Gasteiger partial charge in [-0.1, -0.05) is 26.8 Å². The Morgan fingerprint density at radius 2 is 1.45 bits per heavy atom. The molecule has 0 spiro atoms. The third-order valence-corrected chi connectivity index (χ3v) is 4.61. The first-order valence-electron chi connectivity index (χ1n) is 10.6. The second kappa shape index (κ2) is 11.7. The fourth-order valence-electron chi connectivity index (χ4n) is 2.79. The van der Waals surface area contributed by atoms with E-state index in [0.717, 1.165) is 6.42 Å². The Morgan fingerprint density at radius 3 is 2.03 bits per heavy atom. The third kappa shape index (κ3) is 8.50. The Labute approximate surface area is 184 Å². The molecule has 0 aliphatic heterocycles. The third-order valence-electron chi connectivity index (χ3n) is 4.61. The van der Waals surface area contributed by atoms with Gasteiger partial charge < -0.3 is 21.3 Å². The van der Waals surface area contributed by atoms with Crippen molar-refractivity contribution >= 4 is 34.8 Å². The smallest absolute Gasteiger partial charge is 0.251 e. The average Bonchev–Trinajstić information content (AvgIpc) is 2.73. The lowest BCUT2D eigenvalue weighted by Gasteiger charge is -2.13. The molecule has 3 amide bonds. The average molecular weight is 425 g/mol. The van der Waals surface area contributed by atoms with Gasteiger partial charge in [0.2, 0.25) is 11.8 Å². The molecule has 0 fully saturated rings. The summed E-state index contributed by atoms with van der Waals surface area (Å²) in [5.41, 5.74) is 2.56. The Kier molecular flexibility index (Phi) is 9.06. The van der Waals surface area contributed by atoms with E-state index in [1.54, 1.807) is 42.5 Å². The number of anilines is 3. The normalized spacial score (nSPS) is 11.5. The summed E-state index contributed by atoms with van der Waals surface area (Å²) < 4.78 is 0. The summed E-state index contributed by atoms with van der Waals surface area (Å²) in [6, 6.07) is 14.1. The van der Waals surface area contributed by atoms with Crippen LogP contribution in [-0.4, -0.2) is 30.3 Å². The lowest BCUT2D eigenvalue weighted by atomic mass is 10.1. The van der Waals surface area contributed by atoms with Crippen LogP contribution in [0.1, 0.15) is 50.9 Å². The molecule has 0 aliphatic carbocycles. The van der Waals surface area contributed by atoms with Gasteiger partial charge in [0.05, 0.1) is 6.54 Å². The zero-order chi connectivity index (χ0) is 22.8. The SMILES string of the molecule is CCC(C)NC(=O)c1cccc(NCC(=O)Nc2ccc(NC(=O)CC(C)C)cc2)c1.